The summed E-state index contributed by atoms with van der Waals surface area (Å²) in [7, 11) is 0. The highest BCUT2D eigenvalue weighted by Crippen LogP contribution is 2.44. The fraction of sp³-hybridized carbons (Fsp3) is 0.538. The summed E-state index contributed by atoms with van der Waals surface area (Å²) in [6.07, 6.45) is -0.560. The summed E-state index contributed by atoms with van der Waals surface area (Å²) in [5.41, 5.74) is -0.171. The topological polar surface area (TPSA) is 61.6 Å². The van der Waals surface area contributed by atoms with E-state index in [1.165, 1.54) is 12.1 Å². The Morgan fingerprint density at radius 2 is 1.72 bits per heavy atom. The molecule has 0 N–H and O–H groups in total. The van der Waals surface area contributed by atoms with Crippen LogP contribution in [0.4, 0.5) is 5.69 Å². The van der Waals surface area contributed by atoms with Crippen LogP contribution in [-0.2, 0) is 9.47 Å². The SMILES string of the molecule is CC1(C)OC(c2cccc([N+](=O)[O-])c2)OC1(C)C. The minimum Gasteiger partial charge on any atom is -0.339 e. The molecule has 0 bridgehead atoms. The highest BCUT2D eigenvalue weighted by Gasteiger charge is 2.49. The number of rotatable bonds is 2. The molecule has 1 aromatic carbocycles. The molecule has 0 radical (unpaired) electrons. The molecular formula is C13H17NO4. The molecule has 1 aliphatic rings. The Morgan fingerprint density at radius 1 is 1.17 bits per heavy atom. The molecule has 1 fully saturated rings. The highest BCUT2D eigenvalue weighted by molar-refractivity contribution is 5.35. The van der Waals surface area contributed by atoms with Gasteiger partial charge in [-0.05, 0) is 27.7 Å². The normalized spacial score (nSPS) is 22.0. The van der Waals surface area contributed by atoms with E-state index in [9.17, 15) is 10.1 Å². The van der Waals surface area contributed by atoms with Crippen molar-refractivity contribution in [1.29, 1.82) is 0 Å². The first-order valence-corrected chi connectivity index (χ1v) is 5.83. The van der Waals surface area contributed by atoms with Crippen LogP contribution in [0.3, 0.4) is 0 Å². The summed E-state index contributed by atoms with van der Waals surface area (Å²) >= 11 is 0. The molecule has 0 saturated carbocycles. The standard InChI is InChI=1S/C13H17NO4/c1-12(2)13(3,4)18-11(17-12)9-6-5-7-10(8-9)14(15)16/h5-8,11H,1-4H3. The average Bonchev–Trinajstić information content (AvgIpc) is 2.48. The molecule has 18 heavy (non-hydrogen) atoms. The fourth-order valence-electron chi connectivity index (χ4n) is 1.76. The number of ether oxygens (including phenoxy) is 2. The van der Waals surface area contributed by atoms with Gasteiger partial charge in [-0.1, -0.05) is 12.1 Å². The van der Waals surface area contributed by atoms with Crippen molar-refractivity contribution in [2.75, 3.05) is 0 Å². The summed E-state index contributed by atoms with van der Waals surface area (Å²) in [6.45, 7) is 7.80. The first kappa shape index (κ1) is 13.0. The Kier molecular flexibility index (Phi) is 2.91. The van der Waals surface area contributed by atoms with Crippen molar-refractivity contribution >= 4 is 5.69 Å². The molecule has 2 rings (SSSR count). The van der Waals surface area contributed by atoms with Gasteiger partial charge < -0.3 is 9.47 Å². The van der Waals surface area contributed by atoms with Gasteiger partial charge in [-0.3, -0.25) is 10.1 Å². The Balaban J connectivity index is 2.30. The summed E-state index contributed by atoms with van der Waals surface area (Å²) in [6, 6.07) is 6.35. The van der Waals surface area contributed by atoms with Crippen molar-refractivity contribution in [1.82, 2.24) is 0 Å². The second-order valence-electron chi connectivity index (χ2n) is 5.44. The van der Waals surface area contributed by atoms with Crippen LogP contribution in [0.25, 0.3) is 0 Å². The van der Waals surface area contributed by atoms with Gasteiger partial charge in [0, 0.05) is 17.7 Å². The molecule has 1 aliphatic heterocycles. The van der Waals surface area contributed by atoms with Crippen LogP contribution in [0.15, 0.2) is 24.3 Å². The summed E-state index contributed by atoms with van der Waals surface area (Å²) in [5, 5.41) is 10.7. The quantitative estimate of drug-likeness (QED) is 0.598. The van der Waals surface area contributed by atoms with Gasteiger partial charge in [0.1, 0.15) is 0 Å². The van der Waals surface area contributed by atoms with Gasteiger partial charge in [-0.2, -0.15) is 0 Å². The molecule has 5 heteroatoms. The molecule has 98 valence electrons. The van der Waals surface area contributed by atoms with Gasteiger partial charge in [-0.15, -0.1) is 0 Å². The van der Waals surface area contributed by atoms with E-state index >= 15 is 0 Å². The number of hydrogen-bond donors (Lipinski definition) is 0. The average molecular weight is 251 g/mol. The van der Waals surface area contributed by atoms with E-state index in [1.54, 1.807) is 12.1 Å². The van der Waals surface area contributed by atoms with Crippen molar-refractivity contribution in [3.63, 3.8) is 0 Å². The van der Waals surface area contributed by atoms with Crippen LogP contribution in [0, 0.1) is 10.1 Å². The summed E-state index contributed by atoms with van der Waals surface area (Å²) in [5.74, 6) is 0. The second-order valence-corrected chi connectivity index (χ2v) is 5.44. The lowest BCUT2D eigenvalue weighted by Gasteiger charge is -2.30. The van der Waals surface area contributed by atoms with Crippen LogP contribution in [0.5, 0.6) is 0 Å². The zero-order valence-electron chi connectivity index (χ0n) is 11.0. The molecule has 0 amide bonds. The van der Waals surface area contributed by atoms with E-state index in [-0.39, 0.29) is 5.69 Å². The maximum absolute atomic E-state index is 10.7. The van der Waals surface area contributed by atoms with Gasteiger partial charge in [0.05, 0.1) is 16.1 Å². The number of hydrogen-bond acceptors (Lipinski definition) is 4. The lowest BCUT2D eigenvalue weighted by molar-refractivity contribution is -0.385. The predicted octanol–water partition coefficient (Wildman–Crippen LogP) is 3.20. The lowest BCUT2D eigenvalue weighted by Crippen LogP contribution is -2.41. The smallest absolute Gasteiger partial charge is 0.269 e. The van der Waals surface area contributed by atoms with E-state index < -0.39 is 22.4 Å². The zero-order chi connectivity index (χ0) is 13.6. The molecule has 1 heterocycles. The lowest BCUT2D eigenvalue weighted by atomic mass is 9.90. The fourth-order valence-corrected chi connectivity index (χ4v) is 1.76. The Morgan fingerprint density at radius 3 is 2.22 bits per heavy atom. The Bertz CT molecular complexity index is 466. The number of nitrogens with zero attached hydrogens (tertiary/aromatic N) is 1. The number of nitro benzene ring substituents is 1. The van der Waals surface area contributed by atoms with Crippen LogP contribution in [0.2, 0.25) is 0 Å². The molecule has 0 aliphatic carbocycles. The molecular weight excluding hydrogens is 234 g/mol. The van der Waals surface area contributed by atoms with E-state index in [0.717, 1.165) is 0 Å². The van der Waals surface area contributed by atoms with Gasteiger partial charge in [0.25, 0.3) is 5.69 Å². The Hall–Kier alpha value is -1.46. The van der Waals surface area contributed by atoms with Gasteiger partial charge in [0.2, 0.25) is 0 Å². The predicted molar refractivity (Wildman–Crippen MR) is 66.2 cm³/mol. The zero-order valence-corrected chi connectivity index (χ0v) is 11.0. The molecule has 5 nitrogen and oxygen atoms in total. The van der Waals surface area contributed by atoms with E-state index in [0.29, 0.717) is 5.56 Å². The Labute approximate surface area is 106 Å². The molecule has 0 unspecified atom stereocenters. The van der Waals surface area contributed by atoms with E-state index in [4.69, 9.17) is 9.47 Å². The first-order valence-electron chi connectivity index (χ1n) is 5.83. The third kappa shape index (κ3) is 2.11. The van der Waals surface area contributed by atoms with Crippen LogP contribution < -0.4 is 0 Å². The van der Waals surface area contributed by atoms with Crippen molar-refractivity contribution in [2.45, 2.75) is 45.2 Å². The van der Waals surface area contributed by atoms with Crippen LogP contribution in [-0.4, -0.2) is 16.1 Å². The largest absolute Gasteiger partial charge is 0.339 e. The van der Waals surface area contributed by atoms with Crippen LogP contribution in [0.1, 0.15) is 39.5 Å². The summed E-state index contributed by atoms with van der Waals surface area (Å²) in [4.78, 5) is 10.3. The van der Waals surface area contributed by atoms with Crippen molar-refractivity contribution in [3.8, 4) is 0 Å². The molecule has 0 aromatic heterocycles. The number of nitro groups is 1. The van der Waals surface area contributed by atoms with Gasteiger partial charge in [-0.25, -0.2) is 0 Å². The molecule has 1 saturated heterocycles. The molecule has 0 atom stereocenters. The first-order chi connectivity index (χ1) is 8.23. The van der Waals surface area contributed by atoms with E-state index in [1.807, 2.05) is 27.7 Å². The monoisotopic (exact) mass is 251 g/mol. The van der Waals surface area contributed by atoms with Crippen LogP contribution >= 0.6 is 0 Å². The van der Waals surface area contributed by atoms with Crippen molar-refractivity contribution < 1.29 is 14.4 Å². The van der Waals surface area contributed by atoms with Gasteiger partial charge in [0.15, 0.2) is 6.29 Å². The number of benzene rings is 1. The third-order valence-electron chi connectivity index (χ3n) is 3.61. The third-order valence-corrected chi connectivity index (χ3v) is 3.61. The maximum Gasteiger partial charge on any atom is 0.269 e. The highest BCUT2D eigenvalue weighted by atomic mass is 16.7. The summed E-state index contributed by atoms with van der Waals surface area (Å²) < 4.78 is 11.7. The second kappa shape index (κ2) is 4.03. The number of non-ortho nitro benzene ring substituents is 1. The van der Waals surface area contributed by atoms with Crippen molar-refractivity contribution in [2.24, 2.45) is 0 Å². The molecule has 0 spiro atoms. The van der Waals surface area contributed by atoms with E-state index in [2.05, 4.69) is 0 Å². The van der Waals surface area contributed by atoms with Gasteiger partial charge >= 0.3 is 0 Å². The minimum atomic E-state index is -0.560. The maximum atomic E-state index is 10.7. The van der Waals surface area contributed by atoms with Crippen molar-refractivity contribution in [3.05, 3.63) is 39.9 Å². The molecule has 1 aromatic rings. The minimum absolute atomic E-state index is 0.0437.